The van der Waals surface area contributed by atoms with Gasteiger partial charge in [-0.25, -0.2) is 4.39 Å². The van der Waals surface area contributed by atoms with Crippen LogP contribution in [0.25, 0.3) is 0 Å². The van der Waals surface area contributed by atoms with Gasteiger partial charge in [-0.05, 0) is 37.3 Å². The Kier molecular flexibility index (Phi) is 5.09. The maximum absolute atomic E-state index is 13.2. The van der Waals surface area contributed by atoms with E-state index in [9.17, 15) is 9.18 Å². The molecule has 2 N–H and O–H groups in total. The van der Waals surface area contributed by atoms with Gasteiger partial charge in [-0.3, -0.25) is 4.79 Å². The molecule has 108 valence electrons. The molecule has 5 heteroatoms. The third-order valence-corrected chi connectivity index (χ3v) is 3.75. The molecule has 0 unspecified atom stereocenters. The van der Waals surface area contributed by atoms with Gasteiger partial charge in [0.15, 0.2) is 0 Å². The predicted molar refractivity (Wildman–Crippen MR) is 80.6 cm³/mol. The Hall–Kier alpha value is -2.16. The van der Waals surface area contributed by atoms with E-state index in [4.69, 9.17) is 5.11 Å². The smallest absolute Gasteiger partial charge is 0.252 e. The van der Waals surface area contributed by atoms with Gasteiger partial charge < -0.3 is 10.4 Å². The minimum atomic E-state index is -0.470. The molecular weight excluding hydrogens is 289 g/mol. The lowest BCUT2D eigenvalue weighted by atomic mass is 10.1. The van der Waals surface area contributed by atoms with Crippen molar-refractivity contribution in [2.75, 3.05) is 6.61 Å². The summed E-state index contributed by atoms with van der Waals surface area (Å²) < 4.78 is 13.2. The number of carbonyl (C=O) groups is 1. The summed E-state index contributed by atoms with van der Waals surface area (Å²) in [4.78, 5) is 14.4. The molecule has 3 nitrogen and oxygen atoms in total. The predicted octanol–water partition coefficient (Wildman–Crippen LogP) is 2.47. The van der Waals surface area contributed by atoms with Crippen molar-refractivity contribution in [1.82, 2.24) is 5.32 Å². The zero-order valence-corrected chi connectivity index (χ0v) is 12.3. The van der Waals surface area contributed by atoms with Crippen LogP contribution in [0.3, 0.4) is 0 Å². The summed E-state index contributed by atoms with van der Waals surface area (Å²) in [5.41, 5.74) is 0.564. The zero-order chi connectivity index (χ0) is 15.2. The first-order valence-corrected chi connectivity index (χ1v) is 7.14. The van der Waals surface area contributed by atoms with E-state index in [1.54, 1.807) is 11.3 Å². The minimum absolute atomic E-state index is 0.268. The normalized spacial score (nSPS) is 9.86. The van der Waals surface area contributed by atoms with Crippen molar-refractivity contribution >= 4 is 17.2 Å². The Morgan fingerprint density at radius 3 is 2.86 bits per heavy atom. The number of aliphatic hydroxyl groups is 1. The molecule has 1 amide bonds. The highest BCUT2D eigenvalue weighted by Crippen LogP contribution is 2.15. The van der Waals surface area contributed by atoms with Crippen molar-refractivity contribution in [3.63, 3.8) is 0 Å². The van der Waals surface area contributed by atoms with E-state index >= 15 is 0 Å². The van der Waals surface area contributed by atoms with Gasteiger partial charge in [0.1, 0.15) is 12.4 Å². The third kappa shape index (κ3) is 4.15. The molecule has 0 saturated carbocycles. The number of thiophene rings is 1. The maximum atomic E-state index is 13.2. The van der Waals surface area contributed by atoms with E-state index in [0.717, 1.165) is 4.88 Å². The average molecular weight is 303 g/mol. The fourth-order valence-electron chi connectivity index (χ4n) is 1.80. The van der Waals surface area contributed by atoms with Gasteiger partial charge in [0, 0.05) is 15.3 Å². The number of aliphatic hydroxyl groups excluding tert-OH is 1. The van der Waals surface area contributed by atoms with E-state index in [2.05, 4.69) is 17.2 Å². The summed E-state index contributed by atoms with van der Waals surface area (Å²) in [7, 11) is 0. The van der Waals surface area contributed by atoms with Gasteiger partial charge in [-0.1, -0.05) is 11.8 Å². The van der Waals surface area contributed by atoms with Crippen LogP contribution in [0.15, 0.2) is 30.3 Å². The summed E-state index contributed by atoms with van der Waals surface area (Å²) in [6.45, 7) is 2.08. The lowest BCUT2D eigenvalue weighted by Gasteiger charge is -2.06. The van der Waals surface area contributed by atoms with Crippen molar-refractivity contribution in [3.8, 4) is 11.8 Å². The Bertz CT molecular complexity index is 713. The number of benzene rings is 1. The van der Waals surface area contributed by atoms with Crippen LogP contribution in [-0.4, -0.2) is 17.6 Å². The van der Waals surface area contributed by atoms with E-state index < -0.39 is 5.82 Å². The minimum Gasteiger partial charge on any atom is -0.384 e. The molecule has 2 aromatic rings. The molecule has 0 bridgehead atoms. The second-order valence-electron chi connectivity index (χ2n) is 4.34. The molecule has 2 rings (SSSR count). The average Bonchev–Trinajstić information content (AvgIpc) is 2.88. The van der Waals surface area contributed by atoms with Gasteiger partial charge >= 0.3 is 0 Å². The van der Waals surface area contributed by atoms with E-state index in [-0.39, 0.29) is 18.1 Å². The van der Waals surface area contributed by atoms with Crippen LogP contribution in [0.5, 0.6) is 0 Å². The molecule has 0 spiro atoms. The highest BCUT2D eigenvalue weighted by Gasteiger charge is 2.11. The quantitative estimate of drug-likeness (QED) is 0.856. The molecule has 0 radical (unpaired) electrons. The Labute approximate surface area is 126 Å². The number of carbonyl (C=O) groups excluding carboxylic acids is 1. The number of hydrogen-bond acceptors (Lipinski definition) is 3. The fraction of sp³-hybridized carbons (Fsp3) is 0.188. The molecular formula is C16H14FNO2S. The van der Waals surface area contributed by atoms with Crippen LogP contribution in [0.4, 0.5) is 4.39 Å². The van der Waals surface area contributed by atoms with E-state index in [1.807, 2.05) is 19.1 Å². The highest BCUT2D eigenvalue weighted by atomic mass is 32.1. The Balaban J connectivity index is 2.14. The monoisotopic (exact) mass is 303 g/mol. The number of nitrogens with one attached hydrogen (secondary N) is 1. The third-order valence-electron chi connectivity index (χ3n) is 2.75. The van der Waals surface area contributed by atoms with Crippen LogP contribution in [0.2, 0.25) is 0 Å². The van der Waals surface area contributed by atoms with E-state index in [0.29, 0.717) is 12.1 Å². The molecule has 21 heavy (non-hydrogen) atoms. The number of hydrogen-bond donors (Lipinski definition) is 2. The summed E-state index contributed by atoms with van der Waals surface area (Å²) in [5.74, 6) is 4.23. The fourth-order valence-corrected chi connectivity index (χ4v) is 2.63. The van der Waals surface area contributed by atoms with Crippen molar-refractivity contribution in [3.05, 3.63) is 57.0 Å². The lowest BCUT2D eigenvalue weighted by Crippen LogP contribution is -2.23. The molecule has 1 heterocycles. The molecule has 0 atom stereocenters. The van der Waals surface area contributed by atoms with Gasteiger partial charge in [0.05, 0.1) is 12.1 Å². The first kappa shape index (κ1) is 15.2. The Morgan fingerprint density at radius 1 is 1.38 bits per heavy atom. The SMILES string of the molecule is Cc1ccc(CNC(=O)c2ccc(F)cc2C#CCO)s1. The molecule has 0 aliphatic heterocycles. The molecule has 1 aromatic heterocycles. The number of rotatable bonds is 3. The van der Waals surface area contributed by atoms with Gasteiger partial charge in [-0.2, -0.15) is 0 Å². The van der Waals surface area contributed by atoms with Crippen molar-refractivity contribution < 1.29 is 14.3 Å². The second-order valence-corrected chi connectivity index (χ2v) is 5.72. The Morgan fingerprint density at radius 2 is 2.19 bits per heavy atom. The zero-order valence-electron chi connectivity index (χ0n) is 11.4. The van der Waals surface area contributed by atoms with Crippen molar-refractivity contribution in [2.24, 2.45) is 0 Å². The van der Waals surface area contributed by atoms with Crippen LogP contribution < -0.4 is 5.32 Å². The number of amides is 1. The molecule has 0 fully saturated rings. The van der Waals surface area contributed by atoms with Gasteiger partial charge in [0.25, 0.3) is 5.91 Å². The van der Waals surface area contributed by atoms with Gasteiger partial charge in [-0.15, -0.1) is 11.3 Å². The summed E-state index contributed by atoms with van der Waals surface area (Å²) in [6, 6.07) is 7.74. The molecule has 0 aliphatic carbocycles. The van der Waals surface area contributed by atoms with Gasteiger partial charge in [0.2, 0.25) is 0 Å². The summed E-state index contributed by atoms with van der Waals surface area (Å²) >= 11 is 1.61. The van der Waals surface area contributed by atoms with Crippen LogP contribution in [0, 0.1) is 24.6 Å². The molecule has 1 aromatic carbocycles. The number of halogens is 1. The molecule has 0 saturated heterocycles. The largest absolute Gasteiger partial charge is 0.384 e. The maximum Gasteiger partial charge on any atom is 0.252 e. The summed E-state index contributed by atoms with van der Waals surface area (Å²) in [6.07, 6.45) is 0. The topological polar surface area (TPSA) is 49.3 Å². The standard InChI is InChI=1S/C16H14FNO2S/c1-11-4-6-14(21-11)10-18-16(20)15-7-5-13(17)9-12(15)3-2-8-19/h4-7,9,19H,8,10H2,1H3,(H,18,20). The lowest BCUT2D eigenvalue weighted by molar-refractivity contribution is 0.0951. The first-order chi connectivity index (χ1) is 10.1. The van der Waals surface area contributed by atoms with Crippen LogP contribution in [0.1, 0.15) is 25.7 Å². The first-order valence-electron chi connectivity index (χ1n) is 6.33. The summed E-state index contributed by atoms with van der Waals surface area (Å²) in [5, 5.41) is 11.5. The van der Waals surface area contributed by atoms with E-state index in [1.165, 1.54) is 23.1 Å². The molecule has 0 aliphatic rings. The van der Waals surface area contributed by atoms with Crippen molar-refractivity contribution in [1.29, 1.82) is 0 Å². The van der Waals surface area contributed by atoms with Crippen molar-refractivity contribution in [2.45, 2.75) is 13.5 Å². The second kappa shape index (κ2) is 7.02. The van der Waals surface area contributed by atoms with Crippen LogP contribution >= 0.6 is 11.3 Å². The van der Waals surface area contributed by atoms with Crippen LogP contribution in [-0.2, 0) is 6.54 Å². The highest BCUT2D eigenvalue weighted by molar-refractivity contribution is 7.11. The number of aryl methyl sites for hydroxylation is 1.